The van der Waals surface area contributed by atoms with Crippen LogP contribution in [0, 0.1) is 0 Å². The number of benzene rings is 3. The van der Waals surface area contributed by atoms with Crippen LogP contribution in [-0.2, 0) is 21.3 Å². The van der Waals surface area contributed by atoms with Gasteiger partial charge in [0.25, 0.3) is 0 Å². The summed E-state index contributed by atoms with van der Waals surface area (Å²) < 4.78 is 12.1. The minimum atomic E-state index is -0.258. The standard InChI is InChI=1S/C35H45BO3/c1-3-5-7-9-20-35(21-10-8-6-4-2)33-24-29(28-14-12-27(26-37)13-15-28)16-18-31(33)32-19-17-30(25-34(32)35)36-38-22-11-23-39-36/h12-19,24-25,37H,3-11,20-23,26H2,1-2H3. The minimum Gasteiger partial charge on any atom is -0.407 e. The lowest BCUT2D eigenvalue weighted by Crippen LogP contribution is -2.41. The summed E-state index contributed by atoms with van der Waals surface area (Å²) in [6.45, 7) is 6.20. The van der Waals surface area contributed by atoms with E-state index >= 15 is 0 Å². The molecule has 4 heteroatoms. The van der Waals surface area contributed by atoms with E-state index in [1.54, 1.807) is 0 Å². The van der Waals surface area contributed by atoms with E-state index in [4.69, 9.17) is 9.31 Å². The third-order valence-electron chi connectivity index (χ3n) is 8.87. The first-order valence-corrected chi connectivity index (χ1v) is 15.4. The molecule has 1 fully saturated rings. The zero-order chi connectivity index (χ0) is 27.1. The van der Waals surface area contributed by atoms with E-state index in [0.29, 0.717) is 0 Å². The quantitative estimate of drug-likeness (QED) is 0.181. The number of hydrogen-bond donors (Lipinski definition) is 1. The van der Waals surface area contributed by atoms with Crippen LogP contribution in [0.1, 0.15) is 101 Å². The van der Waals surface area contributed by atoms with Gasteiger partial charge in [-0.05, 0) is 69.7 Å². The fraction of sp³-hybridized carbons (Fsp3) is 0.486. The Bertz CT molecular complexity index is 1200. The lowest BCUT2D eigenvalue weighted by molar-refractivity contribution is 0.143. The van der Waals surface area contributed by atoms with E-state index in [-0.39, 0.29) is 19.1 Å². The van der Waals surface area contributed by atoms with Gasteiger partial charge in [-0.3, -0.25) is 0 Å². The number of hydrogen-bond acceptors (Lipinski definition) is 3. The highest BCUT2D eigenvalue weighted by molar-refractivity contribution is 6.61. The number of fused-ring (bicyclic) bond motifs is 3. The zero-order valence-corrected chi connectivity index (χ0v) is 24.0. The Morgan fingerprint density at radius 3 is 1.90 bits per heavy atom. The number of unbranched alkanes of at least 4 members (excludes halogenated alkanes) is 6. The molecule has 0 spiro atoms. The third-order valence-corrected chi connectivity index (χ3v) is 8.87. The van der Waals surface area contributed by atoms with E-state index in [1.165, 1.54) is 97.6 Å². The van der Waals surface area contributed by atoms with Crippen LogP contribution in [0.2, 0.25) is 0 Å². The van der Waals surface area contributed by atoms with Crippen molar-refractivity contribution >= 4 is 12.6 Å². The first-order valence-electron chi connectivity index (χ1n) is 15.4. The lowest BCUT2D eigenvalue weighted by Gasteiger charge is -2.34. The maximum atomic E-state index is 9.53. The van der Waals surface area contributed by atoms with Crippen molar-refractivity contribution in [3.63, 3.8) is 0 Å². The van der Waals surface area contributed by atoms with E-state index in [2.05, 4.69) is 62.4 Å². The van der Waals surface area contributed by atoms with Gasteiger partial charge in [0.1, 0.15) is 0 Å². The number of aliphatic hydroxyl groups is 1. The second-order valence-corrected chi connectivity index (χ2v) is 11.6. The molecule has 1 heterocycles. The van der Waals surface area contributed by atoms with Crippen LogP contribution < -0.4 is 5.46 Å². The zero-order valence-electron chi connectivity index (χ0n) is 24.0. The molecule has 206 valence electrons. The van der Waals surface area contributed by atoms with Crippen molar-refractivity contribution in [2.24, 2.45) is 0 Å². The topological polar surface area (TPSA) is 38.7 Å². The second kappa shape index (κ2) is 13.3. The molecule has 3 aromatic carbocycles. The Balaban J connectivity index is 1.60. The molecule has 1 N–H and O–H groups in total. The molecule has 0 saturated carbocycles. The Morgan fingerprint density at radius 2 is 1.28 bits per heavy atom. The van der Waals surface area contributed by atoms with Gasteiger partial charge in [0.05, 0.1) is 6.61 Å². The fourth-order valence-electron chi connectivity index (χ4n) is 6.69. The lowest BCUT2D eigenvalue weighted by atomic mass is 9.68. The molecule has 1 saturated heterocycles. The summed E-state index contributed by atoms with van der Waals surface area (Å²) in [5, 5.41) is 9.53. The highest BCUT2D eigenvalue weighted by Gasteiger charge is 2.43. The van der Waals surface area contributed by atoms with Crippen LogP contribution in [0.5, 0.6) is 0 Å². The molecular weight excluding hydrogens is 479 g/mol. The van der Waals surface area contributed by atoms with E-state index < -0.39 is 0 Å². The summed E-state index contributed by atoms with van der Waals surface area (Å²) >= 11 is 0. The molecule has 1 aliphatic heterocycles. The van der Waals surface area contributed by atoms with Crippen LogP contribution in [-0.4, -0.2) is 25.4 Å². The predicted molar refractivity (Wildman–Crippen MR) is 163 cm³/mol. The van der Waals surface area contributed by atoms with Gasteiger partial charge in [-0.15, -0.1) is 0 Å². The van der Waals surface area contributed by atoms with E-state index in [1.807, 2.05) is 12.1 Å². The first-order chi connectivity index (χ1) is 19.2. The van der Waals surface area contributed by atoms with Gasteiger partial charge in [-0.25, -0.2) is 0 Å². The predicted octanol–water partition coefficient (Wildman–Crippen LogP) is 8.19. The van der Waals surface area contributed by atoms with Crippen LogP contribution in [0.4, 0.5) is 0 Å². The molecule has 0 amide bonds. The first kappa shape index (κ1) is 28.1. The Hall–Kier alpha value is -2.40. The highest BCUT2D eigenvalue weighted by Crippen LogP contribution is 2.54. The Labute approximate surface area is 236 Å². The SMILES string of the molecule is CCCCCCC1(CCCCCC)c2cc(B3OCCCO3)ccc2-c2ccc(-c3ccc(CO)cc3)cc21. The van der Waals surface area contributed by atoms with Crippen molar-refractivity contribution in [2.45, 2.75) is 96.5 Å². The summed E-state index contributed by atoms with van der Waals surface area (Å²) in [6.07, 6.45) is 13.5. The van der Waals surface area contributed by atoms with Gasteiger partial charge >= 0.3 is 7.12 Å². The Morgan fingerprint density at radius 1 is 0.692 bits per heavy atom. The van der Waals surface area contributed by atoms with Gasteiger partial charge in [0.15, 0.2) is 0 Å². The van der Waals surface area contributed by atoms with Crippen molar-refractivity contribution in [2.75, 3.05) is 13.2 Å². The molecule has 3 aromatic rings. The van der Waals surface area contributed by atoms with Gasteiger partial charge in [0.2, 0.25) is 0 Å². The summed E-state index contributed by atoms with van der Waals surface area (Å²) in [7, 11) is -0.258. The van der Waals surface area contributed by atoms with E-state index in [0.717, 1.165) is 30.7 Å². The molecule has 0 unspecified atom stereocenters. The molecule has 3 nitrogen and oxygen atoms in total. The number of aliphatic hydroxyl groups excluding tert-OH is 1. The van der Waals surface area contributed by atoms with Crippen LogP contribution in [0.3, 0.4) is 0 Å². The summed E-state index contributed by atoms with van der Waals surface area (Å²) in [5.74, 6) is 0. The third kappa shape index (κ3) is 6.04. The van der Waals surface area contributed by atoms with E-state index in [9.17, 15) is 5.11 Å². The molecule has 0 aromatic heterocycles. The largest absolute Gasteiger partial charge is 0.493 e. The van der Waals surface area contributed by atoms with Gasteiger partial charge < -0.3 is 14.4 Å². The van der Waals surface area contributed by atoms with Gasteiger partial charge in [-0.2, -0.15) is 0 Å². The average molecular weight is 525 g/mol. The summed E-state index contributed by atoms with van der Waals surface area (Å²) in [6, 6.07) is 22.5. The van der Waals surface area contributed by atoms with Crippen molar-refractivity contribution in [3.05, 3.63) is 77.4 Å². The van der Waals surface area contributed by atoms with Crippen molar-refractivity contribution < 1.29 is 14.4 Å². The molecule has 0 bridgehead atoms. The van der Waals surface area contributed by atoms with Crippen LogP contribution >= 0.6 is 0 Å². The molecular formula is C35H45BO3. The molecule has 0 radical (unpaired) electrons. The normalized spacial score (nSPS) is 15.8. The number of rotatable bonds is 13. The summed E-state index contributed by atoms with van der Waals surface area (Å²) in [5.41, 5.74) is 10.4. The van der Waals surface area contributed by atoms with Crippen LogP contribution in [0.15, 0.2) is 60.7 Å². The van der Waals surface area contributed by atoms with Crippen molar-refractivity contribution in [3.8, 4) is 22.3 Å². The Kier molecular flexibility index (Phi) is 9.60. The molecule has 2 aliphatic rings. The average Bonchev–Trinajstić information content (AvgIpc) is 3.26. The maximum Gasteiger partial charge on any atom is 0.493 e. The van der Waals surface area contributed by atoms with Gasteiger partial charge in [-0.1, -0.05) is 120 Å². The molecule has 0 atom stereocenters. The second-order valence-electron chi connectivity index (χ2n) is 11.6. The maximum absolute atomic E-state index is 9.53. The highest BCUT2D eigenvalue weighted by atomic mass is 16.6. The minimum absolute atomic E-state index is 0.0118. The summed E-state index contributed by atoms with van der Waals surface area (Å²) in [4.78, 5) is 0. The molecule has 39 heavy (non-hydrogen) atoms. The fourth-order valence-corrected chi connectivity index (χ4v) is 6.69. The van der Waals surface area contributed by atoms with Crippen molar-refractivity contribution in [1.29, 1.82) is 0 Å². The van der Waals surface area contributed by atoms with Crippen molar-refractivity contribution in [1.82, 2.24) is 0 Å². The monoisotopic (exact) mass is 524 g/mol. The van der Waals surface area contributed by atoms with Gasteiger partial charge in [0, 0.05) is 18.6 Å². The van der Waals surface area contributed by atoms with Crippen LogP contribution in [0.25, 0.3) is 22.3 Å². The smallest absolute Gasteiger partial charge is 0.407 e. The molecule has 5 rings (SSSR count). The molecule has 1 aliphatic carbocycles.